The first-order chi connectivity index (χ1) is 18.9. The summed E-state index contributed by atoms with van der Waals surface area (Å²) < 4.78 is 84.0. The molecular formula is C25H28F4N5O5P. The number of benzene rings is 2. The highest BCUT2D eigenvalue weighted by Crippen LogP contribution is 2.51. The fourth-order valence-electron chi connectivity index (χ4n) is 3.62. The van der Waals surface area contributed by atoms with Crippen molar-refractivity contribution in [3.8, 4) is 5.75 Å². The second kappa shape index (κ2) is 13.1. The summed E-state index contributed by atoms with van der Waals surface area (Å²) in [6.07, 6.45) is -4.30. The summed E-state index contributed by atoms with van der Waals surface area (Å²) in [4.78, 5) is 19.9. The van der Waals surface area contributed by atoms with Crippen molar-refractivity contribution in [2.24, 2.45) is 0 Å². The topological polar surface area (TPSA) is 124 Å². The van der Waals surface area contributed by atoms with Crippen LogP contribution in [0, 0.1) is 5.82 Å². The maximum atomic E-state index is 13.8. The lowest BCUT2D eigenvalue weighted by Crippen LogP contribution is -2.20. The first-order valence-corrected chi connectivity index (χ1v) is 13.7. The van der Waals surface area contributed by atoms with Crippen LogP contribution in [0.4, 0.5) is 40.7 Å². The molecule has 0 saturated carbocycles. The van der Waals surface area contributed by atoms with E-state index in [0.717, 1.165) is 18.2 Å². The van der Waals surface area contributed by atoms with Gasteiger partial charge in [0.2, 0.25) is 5.95 Å². The van der Waals surface area contributed by atoms with E-state index in [1.54, 1.807) is 32.0 Å². The Balaban J connectivity index is 1.96. The molecule has 1 aromatic heterocycles. The number of methoxy groups -OCH3 is 1. The number of hydrogen-bond acceptors (Lipinski definition) is 9. The van der Waals surface area contributed by atoms with Crippen LogP contribution in [0.5, 0.6) is 5.75 Å². The van der Waals surface area contributed by atoms with E-state index < -0.39 is 36.9 Å². The number of carbonyl (C=O) groups excluding carboxylic acids is 1. The van der Waals surface area contributed by atoms with E-state index in [0.29, 0.717) is 17.4 Å². The molecule has 0 aliphatic carbocycles. The number of hydrogen-bond donors (Lipinski definition) is 3. The molecule has 0 fully saturated rings. The number of ether oxygens (including phenoxy) is 1. The molecule has 0 aliphatic rings. The SMILES string of the molecule is CCOP(=O)(Cc1ccc(Nc2ncc(C(F)(F)F)c(Nc3ccc(F)cc3C(=O)NC)n2)c(OC)c1)OCC. The molecule has 1 heterocycles. The molecule has 15 heteroatoms. The predicted octanol–water partition coefficient (Wildman–Crippen LogP) is 6.26. The van der Waals surface area contributed by atoms with E-state index in [1.807, 2.05) is 0 Å². The largest absolute Gasteiger partial charge is 0.495 e. The maximum Gasteiger partial charge on any atom is 0.421 e. The molecule has 0 spiro atoms. The van der Waals surface area contributed by atoms with E-state index in [4.69, 9.17) is 13.8 Å². The number of anilines is 4. The van der Waals surface area contributed by atoms with Crippen molar-refractivity contribution in [3.63, 3.8) is 0 Å². The minimum absolute atomic E-state index is 0.0263. The number of rotatable bonds is 12. The van der Waals surface area contributed by atoms with E-state index >= 15 is 0 Å². The van der Waals surface area contributed by atoms with Crippen LogP contribution >= 0.6 is 7.60 Å². The van der Waals surface area contributed by atoms with E-state index in [9.17, 15) is 26.9 Å². The van der Waals surface area contributed by atoms with Gasteiger partial charge in [-0.3, -0.25) is 9.36 Å². The van der Waals surface area contributed by atoms with E-state index in [2.05, 4.69) is 25.9 Å². The molecule has 3 aromatic rings. The Kier molecular flexibility index (Phi) is 10.1. The second-order valence-electron chi connectivity index (χ2n) is 8.11. The van der Waals surface area contributed by atoms with Crippen LogP contribution in [0.2, 0.25) is 0 Å². The molecule has 0 radical (unpaired) electrons. The highest BCUT2D eigenvalue weighted by molar-refractivity contribution is 7.53. The van der Waals surface area contributed by atoms with Crippen molar-refractivity contribution in [3.05, 3.63) is 65.1 Å². The van der Waals surface area contributed by atoms with Gasteiger partial charge in [-0.25, -0.2) is 9.37 Å². The zero-order valence-corrected chi connectivity index (χ0v) is 23.0. The number of alkyl halides is 3. The van der Waals surface area contributed by atoms with Gasteiger partial charge in [-0.05, 0) is 49.7 Å². The Hall–Kier alpha value is -3.74. The smallest absolute Gasteiger partial charge is 0.421 e. The van der Waals surface area contributed by atoms with Crippen LogP contribution in [0.1, 0.15) is 35.3 Å². The highest BCUT2D eigenvalue weighted by atomic mass is 31.2. The molecule has 3 rings (SSSR count). The molecule has 2 aromatic carbocycles. The van der Waals surface area contributed by atoms with Crippen molar-refractivity contribution in [2.75, 3.05) is 38.0 Å². The minimum Gasteiger partial charge on any atom is -0.495 e. The monoisotopic (exact) mass is 585 g/mol. The molecule has 10 nitrogen and oxygen atoms in total. The average Bonchev–Trinajstić information content (AvgIpc) is 2.89. The molecule has 216 valence electrons. The predicted molar refractivity (Wildman–Crippen MR) is 141 cm³/mol. The van der Waals surface area contributed by atoms with Crippen LogP contribution in [-0.4, -0.2) is 43.2 Å². The van der Waals surface area contributed by atoms with Crippen molar-refractivity contribution in [1.82, 2.24) is 15.3 Å². The van der Waals surface area contributed by atoms with Crippen LogP contribution < -0.4 is 20.7 Å². The quantitative estimate of drug-likeness (QED) is 0.167. The second-order valence-corrected chi connectivity index (χ2v) is 10.2. The summed E-state index contributed by atoms with van der Waals surface area (Å²) in [6.45, 7) is 3.78. The summed E-state index contributed by atoms with van der Waals surface area (Å²) in [5, 5.41) is 7.58. The van der Waals surface area contributed by atoms with Crippen LogP contribution in [0.25, 0.3) is 0 Å². The fraction of sp³-hybridized carbons (Fsp3) is 0.320. The number of nitrogens with zero attached hydrogens (tertiary/aromatic N) is 2. The molecule has 1 amide bonds. The highest BCUT2D eigenvalue weighted by Gasteiger charge is 2.36. The van der Waals surface area contributed by atoms with Gasteiger partial charge in [0.25, 0.3) is 5.91 Å². The molecular weight excluding hydrogens is 557 g/mol. The molecule has 0 atom stereocenters. The van der Waals surface area contributed by atoms with Gasteiger partial charge < -0.3 is 29.7 Å². The van der Waals surface area contributed by atoms with Crippen molar-refractivity contribution in [2.45, 2.75) is 26.2 Å². The van der Waals surface area contributed by atoms with Gasteiger partial charge in [0, 0.05) is 13.2 Å². The zero-order chi connectivity index (χ0) is 29.5. The molecule has 0 bridgehead atoms. The normalized spacial score (nSPS) is 11.7. The minimum atomic E-state index is -4.84. The maximum absolute atomic E-state index is 13.8. The summed E-state index contributed by atoms with van der Waals surface area (Å²) in [5.74, 6) is -2.12. The van der Waals surface area contributed by atoms with Crippen molar-refractivity contribution >= 4 is 36.6 Å². The number of aromatic nitrogens is 2. The third-order valence-corrected chi connectivity index (χ3v) is 7.40. The molecule has 0 saturated heterocycles. The molecule has 0 aliphatic heterocycles. The number of nitrogens with one attached hydrogen (secondary N) is 3. The van der Waals surface area contributed by atoms with Crippen molar-refractivity contribution in [1.29, 1.82) is 0 Å². The lowest BCUT2D eigenvalue weighted by atomic mass is 10.1. The fourth-order valence-corrected chi connectivity index (χ4v) is 5.31. The Morgan fingerprint density at radius 1 is 1.02 bits per heavy atom. The number of carbonyl (C=O) groups is 1. The van der Waals surface area contributed by atoms with Crippen LogP contribution in [-0.2, 0) is 26.0 Å². The average molecular weight is 585 g/mol. The molecule has 40 heavy (non-hydrogen) atoms. The Labute approximate surface area is 228 Å². The van der Waals surface area contributed by atoms with Gasteiger partial charge in [0.05, 0.1) is 43.4 Å². The third-order valence-electron chi connectivity index (χ3n) is 5.34. The first kappa shape index (κ1) is 30.8. The molecule has 3 N–H and O–H groups in total. The van der Waals surface area contributed by atoms with Crippen molar-refractivity contribution < 1.29 is 40.7 Å². The van der Waals surface area contributed by atoms with Gasteiger partial charge in [0.15, 0.2) is 0 Å². The summed E-state index contributed by atoms with van der Waals surface area (Å²) in [5.41, 5.74) is -0.674. The summed E-state index contributed by atoms with van der Waals surface area (Å²) >= 11 is 0. The van der Waals surface area contributed by atoms with Gasteiger partial charge >= 0.3 is 13.8 Å². The lowest BCUT2D eigenvalue weighted by Gasteiger charge is -2.19. The van der Waals surface area contributed by atoms with Crippen LogP contribution in [0.15, 0.2) is 42.6 Å². The summed E-state index contributed by atoms with van der Waals surface area (Å²) in [7, 11) is -0.718. The molecule has 0 unspecified atom stereocenters. The number of amides is 1. The van der Waals surface area contributed by atoms with Gasteiger partial charge in [-0.2, -0.15) is 18.2 Å². The van der Waals surface area contributed by atoms with E-state index in [-0.39, 0.29) is 42.3 Å². The Morgan fingerprint density at radius 3 is 2.30 bits per heavy atom. The first-order valence-electron chi connectivity index (χ1n) is 12.0. The third kappa shape index (κ3) is 7.68. The Bertz CT molecular complexity index is 1400. The van der Waals surface area contributed by atoms with Gasteiger partial charge in [-0.1, -0.05) is 6.07 Å². The lowest BCUT2D eigenvalue weighted by molar-refractivity contribution is -0.137. The zero-order valence-electron chi connectivity index (χ0n) is 22.1. The van der Waals surface area contributed by atoms with Crippen LogP contribution in [0.3, 0.4) is 0 Å². The van der Waals surface area contributed by atoms with Gasteiger partial charge in [-0.15, -0.1) is 0 Å². The Morgan fingerprint density at radius 2 is 1.70 bits per heavy atom. The summed E-state index contributed by atoms with van der Waals surface area (Å²) in [6, 6.07) is 7.74. The number of halogens is 4. The van der Waals surface area contributed by atoms with Gasteiger partial charge in [0.1, 0.15) is 22.9 Å². The standard InChI is InChI=1S/C25H28F4N5O5P/c1-5-38-40(36,39-6-2)14-15-7-9-20(21(11-15)37-4)33-24-31-13-18(25(27,28)29)22(34-24)32-19-10-8-16(26)12-17(19)23(35)30-3/h7-13H,5-6,14H2,1-4H3,(H,30,35)(H2,31,32,33,34). The van der Waals surface area contributed by atoms with E-state index in [1.165, 1.54) is 14.2 Å².